The molecule has 0 amide bonds. The van der Waals surface area contributed by atoms with E-state index in [0.29, 0.717) is 12.0 Å². The topological polar surface area (TPSA) is 19.7 Å². The highest BCUT2D eigenvalue weighted by atomic mass is 15.1. The van der Waals surface area contributed by atoms with Gasteiger partial charge >= 0.3 is 0 Å². The van der Waals surface area contributed by atoms with Crippen LogP contribution in [-0.4, -0.2) is 4.98 Å². The first-order valence-electron chi connectivity index (χ1n) is 20.4. The van der Waals surface area contributed by atoms with Gasteiger partial charge in [-0.25, -0.2) is 4.57 Å². The van der Waals surface area contributed by atoms with Crippen molar-refractivity contribution in [2.45, 2.75) is 213 Å². The van der Waals surface area contributed by atoms with E-state index in [-0.39, 0.29) is 0 Å². The zero-order chi connectivity index (χ0) is 31.9. The lowest BCUT2D eigenvalue weighted by Crippen LogP contribution is -2.42. The number of hydrogen-bond donors (Lipinski definition) is 1. The summed E-state index contributed by atoms with van der Waals surface area (Å²) in [6.07, 6.45) is 49.2. The highest BCUT2D eigenvalue weighted by molar-refractivity contribution is 5.15. The molecule has 0 bridgehead atoms. The summed E-state index contributed by atoms with van der Waals surface area (Å²) in [6.45, 7) is 4.62. The van der Waals surface area contributed by atoms with E-state index in [2.05, 4.69) is 72.5 Å². The molecule has 0 spiro atoms. The lowest BCUT2D eigenvalue weighted by molar-refractivity contribution is -0.730. The maximum absolute atomic E-state index is 3.36. The second kappa shape index (κ2) is 29.8. The maximum Gasteiger partial charge on any atom is 0.241 e. The van der Waals surface area contributed by atoms with Crippen molar-refractivity contribution in [1.82, 2.24) is 4.98 Å². The molecule has 45 heavy (non-hydrogen) atoms. The zero-order valence-electron chi connectivity index (χ0n) is 30.4. The summed E-state index contributed by atoms with van der Waals surface area (Å²) in [6, 6.07) is 11.9. The quantitative estimate of drug-likeness (QED) is 0.0604. The van der Waals surface area contributed by atoms with Crippen molar-refractivity contribution >= 4 is 0 Å². The molecule has 2 atom stereocenters. The van der Waals surface area contributed by atoms with Crippen LogP contribution in [0.2, 0.25) is 0 Å². The summed E-state index contributed by atoms with van der Waals surface area (Å²) in [5.41, 5.74) is 1.51. The van der Waals surface area contributed by atoms with Crippen LogP contribution in [0.4, 0.5) is 0 Å². The largest absolute Gasteiger partial charge is 0.250 e. The third-order valence-corrected chi connectivity index (χ3v) is 10.4. The molecule has 0 fully saturated rings. The van der Waals surface area contributed by atoms with Crippen molar-refractivity contribution in [3.05, 3.63) is 54.6 Å². The van der Waals surface area contributed by atoms with Crippen LogP contribution in [0.25, 0.3) is 0 Å². The molecule has 0 aliphatic rings. The Balaban J connectivity index is 1.66. The van der Waals surface area contributed by atoms with Crippen molar-refractivity contribution in [2.75, 3.05) is 0 Å². The van der Waals surface area contributed by atoms with Gasteiger partial charge in [0, 0.05) is 5.92 Å². The average Bonchev–Trinajstić information content (AvgIpc) is 3.60. The van der Waals surface area contributed by atoms with Gasteiger partial charge in [-0.15, -0.1) is 0 Å². The van der Waals surface area contributed by atoms with Crippen molar-refractivity contribution in [1.29, 1.82) is 0 Å². The van der Waals surface area contributed by atoms with Crippen molar-refractivity contribution in [3.63, 3.8) is 0 Å². The molecule has 2 rings (SSSR count). The van der Waals surface area contributed by atoms with E-state index in [1.807, 2.05) is 0 Å². The van der Waals surface area contributed by atoms with Gasteiger partial charge in [0.25, 0.3) is 0 Å². The fraction of sp³-hybridized carbons (Fsp3) is 0.791. The first-order valence-corrected chi connectivity index (χ1v) is 20.4. The van der Waals surface area contributed by atoms with Gasteiger partial charge in [0.05, 0.1) is 0 Å². The van der Waals surface area contributed by atoms with Crippen LogP contribution in [0.3, 0.4) is 0 Å². The number of nitrogens with one attached hydrogen (secondary N) is 1. The van der Waals surface area contributed by atoms with Gasteiger partial charge in [-0.05, 0) is 31.2 Å². The van der Waals surface area contributed by atoms with E-state index < -0.39 is 0 Å². The summed E-state index contributed by atoms with van der Waals surface area (Å²) in [4.78, 5) is 3.36. The average molecular weight is 622 g/mol. The molecule has 0 radical (unpaired) electrons. The minimum Gasteiger partial charge on any atom is -0.250 e. The highest BCUT2D eigenvalue weighted by Crippen LogP contribution is 2.29. The molecule has 2 nitrogen and oxygen atoms in total. The Morgan fingerprint density at radius 1 is 0.489 bits per heavy atom. The van der Waals surface area contributed by atoms with Crippen LogP contribution in [0.5, 0.6) is 0 Å². The Labute approximate surface area is 282 Å². The molecule has 1 aromatic carbocycles. The lowest BCUT2D eigenvalue weighted by atomic mass is 9.84. The Bertz CT molecular complexity index is 829. The SMILES string of the molecule is CCCCCCCCCCCCCCCCC(C(CCCCCCCCCCCCCCC)Cc1ccccc1)[n+]1cc[nH]c1. The number of rotatable bonds is 33. The van der Waals surface area contributed by atoms with Crippen molar-refractivity contribution in [2.24, 2.45) is 5.92 Å². The molecule has 0 aliphatic heterocycles. The number of benzene rings is 1. The summed E-state index contributed by atoms with van der Waals surface area (Å²) < 4.78 is 2.51. The van der Waals surface area contributed by atoms with Gasteiger partial charge in [0.1, 0.15) is 18.4 Å². The molecule has 0 saturated heterocycles. The predicted molar refractivity (Wildman–Crippen MR) is 199 cm³/mol. The van der Waals surface area contributed by atoms with E-state index in [0.717, 1.165) is 0 Å². The van der Waals surface area contributed by atoms with Crippen molar-refractivity contribution in [3.8, 4) is 0 Å². The molecule has 1 heterocycles. The monoisotopic (exact) mass is 622 g/mol. The summed E-state index contributed by atoms with van der Waals surface area (Å²) in [5.74, 6) is 0.711. The number of unbranched alkanes of at least 4 members (excludes halogenated alkanes) is 25. The third-order valence-electron chi connectivity index (χ3n) is 10.4. The number of aromatic nitrogens is 2. The van der Waals surface area contributed by atoms with E-state index in [1.54, 1.807) is 0 Å². The van der Waals surface area contributed by atoms with Crippen LogP contribution in [-0.2, 0) is 6.42 Å². The minimum absolute atomic E-state index is 0.603. The zero-order valence-corrected chi connectivity index (χ0v) is 30.4. The first kappa shape index (κ1) is 39.6. The summed E-state index contributed by atoms with van der Waals surface area (Å²) in [7, 11) is 0. The van der Waals surface area contributed by atoms with Gasteiger partial charge in [-0.2, -0.15) is 0 Å². The van der Waals surface area contributed by atoms with Crippen LogP contribution in [0.15, 0.2) is 49.1 Å². The smallest absolute Gasteiger partial charge is 0.241 e. The molecule has 0 saturated carbocycles. The Kier molecular flexibility index (Phi) is 26.2. The Morgan fingerprint density at radius 2 is 0.889 bits per heavy atom. The molecule has 2 unspecified atom stereocenters. The third kappa shape index (κ3) is 21.8. The molecular formula is C43H77N2+. The van der Waals surface area contributed by atoms with Crippen molar-refractivity contribution < 1.29 is 4.57 Å². The lowest BCUT2D eigenvalue weighted by Gasteiger charge is -2.25. The Morgan fingerprint density at radius 3 is 1.29 bits per heavy atom. The minimum atomic E-state index is 0.603. The van der Waals surface area contributed by atoms with Gasteiger partial charge in [0.15, 0.2) is 0 Å². The standard InChI is InChI=1S/C43H76N2/c1-3-5-7-9-11-13-15-17-19-21-23-25-27-32-36-43(45-38-37-44-40-45)42(39-41-33-29-28-30-34-41)35-31-26-24-22-20-18-16-14-12-10-8-6-4-2/h28-30,33-34,37-38,40,42-43H,3-27,31-32,35-36,39H2,1-2H3/p+1. The molecular weight excluding hydrogens is 544 g/mol. The fourth-order valence-corrected chi connectivity index (χ4v) is 7.46. The number of hydrogen-bond acceptors (Lipinski definition) is 0. The molecule has 1 N–H and O–H groups in total. The van der Waals surface area contributed by atoms with Gasteiger partial charge in [-0.1, -0.05) is 211 Å². The molecule has 258 valence electrons. The molecule has 0 aliphatic carbocycles. The molecule has 1 aromatic heterocycles. The van der Waals surface area contributed by atoms with Gasteiger partial charge in [-0.3, -0.25) is 4.98 Å². The van der Waals surface area contributed by atoms with E-state index in [1.165, 1.54) is 198 Å². The van der Waals surface area contributed by atoms with Crippen LogP contribution in [0.1, 0.15) is 212 Å². The van der Waals surface area contributed by atoms with Crippen LogP contribution in [0, 0.1) is 5.92 Å². The predicted octanol–water partition coefficient (Wildman–Crippen LogP) is 14.1. The summed E-state index contributed by atoms with van der Waals surface area (Å²) in [5, 5.41) is 0. The maximum atomic E-state index is 3.36. The van der Waals surface area contributed by atoms with E-state index >= 15 is 0 Å². The highest BCUT2D eigenvalue weighted by Gasteiger charge is 2.26. The van der Waals surface area contributed by atoms with Gasteiger partial charge in [0.2, 0.25) is 6.33 Å². The molecule has 2 heteroatoms. The van der Waals surface area contributed by atoms with E-state index in [9.17, 15) is 0 Å². The Hall–Kier alpha value is -1.57. The van der Waals surface area contributed by atoms with E-state index in [4.69, 9.17) is 0 Å². The number of nitrogens with zero attached hydrogens (tertiary/aromatic N) is 1. The fourth-order valence-electron chi connectivity index (χ4n) is 7.46. The molecule has 2 aromatic rings. The number of imidazole rings is 1. The van der Waals surface area contributed by atoms with Crippen LogP contribution < -0.4 is 4.57 Å². The first-order chi connectivity index (χ1) is 22.3. The number of H-pyrrole nitrogens is 1. The van der Waals surface area contributed by atoms with Gasteiger partial charge < -0.3 is 0 Å². The second-order valence-corrected chi connectivity index (χ2v) is 14.5. The second-order valence-electron chi connectivity index (χ2n) is 14.5. The normalized spacial score (nSPS) is 12.9. The number of aromatic amines is 1. The van der Waals surface area contributed by atoms with Crippen LogP contribution >= 0.6 is 0 Å². The summed E-state index contributed by atoms with van der Waals surface area (Å²) >= 11 is 0.